The van der Waals surface area contributed by atoms with Crippen molar-refractivity contribution in [3.63, 3.8) is 0 Å². The lowest BCUT2D eigenvalue weighted by molar-refractivity contribution is -0.122. The van der Waals surface area contributed by atoms with Crippen molar-refractivity contribution in [1.82, 2.24) is 0 Å². The molecule has 34 heavy (non-hydrogen) atoms. The molecule has 0 heterocycles. The molecule has 0 amide bonds. The molecular formula is C27H18O7. The van der Waals surface area contributed by atoms with Gasteiger partial charge in [0.2, 0.25) is 0 Å². The Labute approximate surface area is 193 Å². The minimum Gasteiger partial charge on any atom is -0.298 e. The Balaban J connectivity index is 1.31. The summed E-state index contributed by atoms with van der Waals surface area (Å²) >= 11 is 0. The molecule has 2 aromatic carbocycles. The van der Waals surface area contributed by atoms with Crippen LogP contribution in [0, 0.1) is 23.7 Å². The number of benzene rings is 2. The van der Waals surface area contributed by atoms with Crippen molar-refractivity contribution in [1.29, 1.82) is 0 Å². The topological polar surface area (TPSA) is 119 Å². The Morgan fingerprint density at radius 3 is 1.24 bits per heavy atom. The molecule has 168 valence electrons. The highest BCUT2D eigenvalue weighted by molar-refractivity contribution is 6.37. The summed E-state index contributed by atoms with van der Waals surface area (Å²) in [5, 5.41) is 0. The van der Waals surface area contributed by atoms with Crippen molar-refractivity contribution in [3.05, 3.63) is 69.8 Å². The van der Waals surface area contributed by atoms with E-state index in [0.29, 0.717) is 25.7 Å². The summed E-state index contributed by atoms with van der Waals surface area (Å²) in [6.45, 7) is 0. The van der Waals surface area contributed by atoms with E-state index >= 15 is 0 Å². The molecule has 0 aliphatic heterocycles. The van der Waals surface area contributed by atoms with E-state index in [1.165, 1.54) is 36.4 Å². The van der Waals surface area contributed by atoms with Crippen LogP contribution in [-0.2, 0) is 9.59 Å². The predicted molar refractivity (Wildman–Crippen MR) is 116 cm³/mol. The summed E-state index contributed by atoms with van der Waals surface area (Å²) in [4.78, 5) is 88.9. The van der Waals surface area contributed by atoms with E-state index in [0.717, 1.165) is 0 Å². The summed E-state index contributed by atoms with van der Waals surface area (Å²) in [6, 6.07) is 8.23. The summed E-state index contributed by atoms with van der Waals surface area (Å²) in [5.74, 6) is -6.54. The van der Waals surface area contributed by atoms with Crippen molar-refractivity contribution in [2.24, 2.45) is 23.7 Å². The molecular weight excluding hydrogens is 436 g/mol. The maximum Gasteiger partial charge on any atom is 0.193 e. The first-order chi connectivity index (χ1) is 16.3. The Morgan fingerprint density at radius 1 is 0.529 bits per heavy atom. The summed E-state index contributed by atoms with van der Waals surface area (Å²) in [6.07, 6.45) is 2.73. The third-order valence-electron chi connectivity index (χ3n) is 7.20. The lowest BCUT2D eigenvalue weighted by Crippen LogP contribution is -2.26. The van der Waals surface area contributed by atoms with Gasteiger partial charge in [0.15, 0.2) is 40.5 Å². The second kappa shape index (κ2) is 7.06. The summed E-state index contributed by atoms with van der Waals surface area (Å²) in [5.41, 5.74) is 0.631. The lowest BCUT2D eigenvalue weighted by atomic mass is 9.95. The zero-order valence-corrected chi connectivity index (χ0v) is 18.0. The minimum absolute atomic E-state index is 0.0531. The standard InChI is InChI=1S/C27H18O7/c28-21(13-5-7-15-17(9-13)26(33)19(24(15)31)22(29)11-1-2-11)14-6-8-16-18(10-14)27(34)20(25(16)32)23(30)12-3-4-12/h5-12,19-20H,1-4H2. The van der Waals surface area contributed by atoms with Gasteiger partial charge in [-0.05, 0) is 49.9 Å². The van der Waals surface area contributed by atoms with E-state index < -0.39 is 40.8 Å². The highest BCUT2D eigenvalue weighted by Crippen LogP contribution is 2.39. The van der Waals surface area contributed by atoms with Crippen LogP contribution in [0.4, 0.5) is 0 Å². The van der Waals surface area contributed by atoms with Crippen LogP contribution in [0.5, 0.6) is 0 Å². The van der Waals surface area contributed by atoms with Crippen LogP contribution in [0.3, 0.4) is 0 Å². The molecule has 2 aromatic rings. The Hall–Kier alpha value is -3.87. The van der Waals surface area contributed by atoms with E-state index in [4.69, 9.17) is 0 Å². The maximum atomic E-state index is 13.2. The van der Waals surface area contributed by atoms with E-state index in [9.17, 15) is 33.6 Å². The van der Waals surface area contributed by atoms with Gasteiger partial charge in [-0.2, -0.15) is 0 Å². The van der Waals surface area contributed by atoms with E-state index in [-0.39, 0.29) is 56.8 Å². The van der Waals surface area contributed by atoms with Crippen LogP contribution in [0.1, 0.15) is 83.0 Å². The third kappa shape index (κ3) is 2.93. The van der Waals surface area contributed by atoms with Crippen molar-refractivity contribution in [2.45, 2.75) is 25.7 Å². The first-order valence-electron chi connectivity index (χ1n) is 11.3. The molecule has 0 aromatic heterocycles. The van der Waals surface area contributed by atoms with Gasteiger partial charge < -0.3 is 0 Å². The Bertz CT molecular complexity index is 1300. The number of ketones is 7. The number of carbonyl (C=O) groups is 7. The van der Waals surface area contributed by atoms with Crippen LogP contribution in [0.15, 0.2) is 36.4 Å². The highest BCUT2D eigenvalue weighted by atomic mass is 16.2. The summed E-state index contributed by atoms with van der Waals surface area (Å²) in [7, 11) is 0. The average molecular weight is 454 g/mol. The molecule has 0 radical (unpaired) electrons. The van der Waals surface area contributed by atoms with E-state index in [2.05, 4.69) is 0 Å². The van der Waals surface area contributed by atoms with Gasteiger partial charge in [-0.1, -0.05) is 12.1 Å². The normalized spacial score (nSPS) is 23.2. The lowest BCUT2D eigenvalue weighted by Gasteiger charge is -2.05. The molecule has 2 saturated carbocycles. The van der Waals surface area contributed by atoms with Crippen molar-refractivity contribution in [2.75, 3.05) is 0 Å². The van der Waals surface area contributed by atoms with Crippen LogP contribution < -0.4 is 0 Å². The first-order valence-corrected chi connectivity index (χ1v) is 11.3. The molecule has 0 bridgehead atoms. The van der Waals surface area contributed by atoms with Crippen LogP contribution in [0.2, 0.25) is 0 Å². The van der Waals surface area contributed by atoms with Gasteiger partial charge in [0.25, 0.3) is 0 Å². The zero-order valence-electron chi connectivity index (χ0n) is 18.0. The Morgan fingerprint density at radius 2 is 0.882 bits per heavy atom. The average Bonchev–Trinajstić information content (AvgIpc) is 3.75. The van der Waals surface area contributed by atoms with Gasteiger partial charge in [-0.3, -0.25) is 33.6 Å². The van der Waals surface area contributed by atoms with Gasteiger partial charge in [0.1, 0.15) is 11.8 Å². The fourth-order valence-corrected chi connectivity index (χ4v) is 4.96. The molecule has 2 fully saturated rings. The molecule has 0 spiro atoms. The van der Waals surface area contributed by atoms with Crippen LogP contribution >= 0.6 is 0 Å². The van der Waals surface area contributed by atoms with Gasteiger partial charge in [0.05, 0.1) is 0 Å². The molecule has 7 heteroatoms. The second-order valence-electron chi connectivity index (χ2n) is 9.53. The van der Waals surface area contributed by atoms with E-state index in [1.54, 1.807) is 0 Å². The Kier molecular flexibility index (Phi) is 4.30. The fraction of sp³-hybridized carbons (Fsp3) is 0.296. The van der Waals surface area contributed by atoms with Crippen LogP contribution in [0.25, 0.3) is 0 Å². The van der Waals surface area contributed by atoms with Crippen molar-refractivity contribution >= 4 is 40.5 Å². The number of fused-ring (bicyclic) bond motifs is 2. The maximum absolute atomic E-state index is 13.2. The van der Waals surface area contributed by atoms with Crippen molar-refractivity contribution in [3.8, 4) is 0 Å². The molecule has 4 aliphatic rings. The molecule has 2 atom stereocenters. The monoisotopic (exact) mass is 454 g/mol. The van der Waals surface area contributed by atoms with Gasteiger partial charge in [-0.25, -0.2) is 0 Å². The smallest absolute Gasteiger partial charge is 0.193 e. The van der Waals surface area contributed by atoms with Gasteiger partial charge in [0, 0.05) is 45.2 Å². The number of Topliss-reactive ketones (excluding diaryl/α,β-unsaturated/α-hetero) is 6. The molecule has 6 rings (SSSR count). The zero-order chi connectivity index (χ0) is 23.9. The predicted octanol–water partition coefficient (Wildman–Crippen LogP) is 2.87. The quantitative estimate of drug-likeness (QED) is 0.486. The van der Waals surface area contributed by atoms with Crippen LogP contribution in [-0.4, -0.2) is 40.5 Å². The number of hydrogen-bond acceptors (Lipinski definition) is 7. The highest BCUT2D eigenvalue weighted by Gasteiger charge is 2.49. The van der Waals surface area contributed by atoms with Gasteiger partial charge >= 0.3 is 0 Å². The van der Waals surface area contributed by atoms with Crippen molar-refractivity contribution < 1.29 is 33.6 Å². The minimum atomic E-state index is -1.32. The molecule has 7 nitrogen and oxygen atoms in total. The largest absolute Gasteiger partial charge is 0.298 e. The molecule has 2 unspecified atom stereocenters. The fourth-order valence-electron chi connectivity index (χ4n) is 4.96. The van der Waals surface area contributed by atoms with E-state index in [1.807, 2.05) is 0 Å². The second-order valence-corrected chi connectivity index (χ2v) is 9.53. The number of carbonyl (C=O) groups excluding carboxylic acids is 7. The summed E-state index contributed by atoms with van der Waals surface area (Å²) < 4.78 is 0. The molecule has 4 aliphatic carbocycles. The SMILES string of the molecule is O=C(c1ccc2c(c1)C(=O)C(C(=O)C1CC1)C2=O)c1ccc2c(c1)C(=O)C(C(=O)C1CC1)C2=O. The molecule has 0 saturated heterocycles. The number of hydrogen-bond donors (Lipinski definition) is 0. The third-order valence-corrected chi connectivity index (χ3v) is 7.20. The first kappa shape index (κ1) is 20.7. The number of rotatable bonds is 6. The molecule has 0 N–H and O–H groups in total. The van der Waals surface area contributed by atoms with Gasteiger partial charge in [-0.15, -0.1) is 0 Å².